The summed E-state index contributed by atoms with van der Waals surface area (Å²) in [6, 6.07) is 0.692. The Bertz CT molecular complexity index is 414. The summed E-state index contributed by atoms with van der Waals surface area (Å²) >= 11 is 0. The van der Waals surface area contributed by atoms with Gasteiger partial charge in [0.25, 0.3) is 0 Å². The van der Waals surface area contributed by atoms with E-state index in [9.17, 15) is 0 Å². The number of hydrogen-bond acceptors (Lipinski definition) is 4. The SMILES string of the molecule is CN1CCCCC1CNCc1nnc2n1CCCC2. The van der Waals surface area contributed by atoms with Crippen LogP contribution in [0.4, 0.5) is 0 Å². The highest BCUT2D eigenvalue weighted by Crippen LogP contribution is 2.15. The fraction of sp³-hybridized carbons (Fsp3) is 0.857. The molecule has 0 bridgehead atoms. The number of hydrogen-bond donors (Lipinski definition) is 1. The van der Waals surface area contributed by atoms with E-state index in [2.05, 4.69) is 32.0 Å². The second kappa shape index (κ2) is 6.01. The summed E-state index contributed by atoms with van der Waals surface area (Å²) in [6.45, 7) is 4.27. The summed E-state index contributed by atoms with van der Waals surface area (Å²) in [6.07, 6.45) is 7.67. The highest BCUT2D eigenvalue weighted by molar-refractivity contribution is 4.98. The van der Waals surface area contributed by atoms with E-state index in [0.29, 0.717) is 6.04 Å². The van der Waals surface area contributed by atoms with Crippen molar-refractivity contribution < 1.29 is 0 Å². The summed E-state index contributed by atoms with van der Waals surface area (Å²) in [7, 11) is 2.24. The number of aromatic nitrogens is 3. The third kappa shape index (κ3) is 2.98. The van der Waals surface area contributed by atoms with Gasteiger partial charge in [0.2, 0.25) is 0 Å². The molecule has 2 aliphatic heterocycles. The molecule has 0 spiro atoms. The van der Waals surface area contributed by atoms with Crippen LogP contribution in [0.1, 0.15) is 43.8 Å². The van der Waals surface area contributed by atoms with E-state index < -0.39 is 0 Å². The zero-order chi connectivity index (χ0) is 13.1. The molecule has 1 aromatic rings. The van der Waals surface area contributed by atoms with Crippen LogP contribution in [0, 0.1) is 0 Å². The molecule has 0 radical (unpaired) electrons. The topological polar surface area (TPSA) is 46.0 Å². The van der Waals surface area contributed by atoms with Crippen LogP contribution in [0.15, 0.2) is 0 Å². The molecular weight excluding hydrogens is 238 g/mol. The lowest BCUT2D eigenvalue weighted by Gasteiger charge is -2.32. The van der Waals surface area contributed by atoms with Crippen molar-refractivity contribution >= 4 is 0 Å². The summed E-state index contributed by atoms with van der Waals surface area (Å²) in [5.74, 6) is 2.30. The number of nitrogens with one attached hydrogen (secondary N) is 1. The molecule has 5 heteroatoms. The predicted molar refractivity (Wildman–Crippen MR) is 74.9 cm³/mol. The number of likely N-dealkylation sites (tertiary alicyclic amines) is 1. The molecule has 3 rings (SSSR count). The van der Waals surface area contributed by atoms with Gasteiger partial charge >= 0.3 is 0 Å². The molecule has 1 N–H and O–H groups in total. The van der Waals surface area contributed by atoms with Crippen LogP contribution < -0.4 is 5.32 Å². The molecule has 0 amide bonds. The Kier molecular flexibility index (Phi) is 4.13. The maximum absolute atomic E-state index is 4.34. The number of piperidine rings is 1. The van der Waals surface area contributed by atoms with Gasteiger partial charge in [0.1, 0.15) is 11.6 Å². The van der Waals surface area contributed by atoms with Crippen molar-refractivity contribution in [3.8, 4) is 0 Å². The average Bonchev–Trinajstić information content (AvgIpc) is 2.85. The first-order valence-electron chi connectivity index (χ1n) is 7.66. The van der Waals surface area contributed by atoms with E-state index in [1.165, 1.54) is 44.5 Å². The number of nitrogens with zero attached hydrogens (tertiary/aromatic N) is 4. The van der Waals surface area contributed by atoms with Gasteiger partial charge in [-0.1, -0.05) is 6.42 Å². The lowest BCUT2D eigenvalue weighted by Crippen LogP contribution is -2.43. The van der Waals surface area contributed by atoms with Crippen LogP contribution >= 0.6 is 0 Å². The molecular formula is C14H25N5. The Labute approximate surface area is 115 Å². The first kappa shape index (κ1) is 13.1. The van der Waals surface area contributed by atoms with E-state index in [1.807, 2.05) is 0 Å². The van der Waals surface area contributed by atoms with Gasteiger partial charge in [-0.25, -0.2) is 0 Å². The Balaban J connectivity index is 1.51. The minimum Gasteiger partial charge on any atom is -0.314 e. The maximum Gasteiger partial charge on any atom is 0.147 e. The van der Waals surface area contributed by atoms with E-state index >= 15 is 0 Å². The predicted octanol–water partition coefficient (Wildman–Crippen LogP) is 1.19. The molecule has 5 nitrogen and oxygen atoms in total. The molecule has 0 saturated carbocycles. The summed E-state index contributed by atoms with van der Waals surface area (Å²) in [4.78, 5) is 2.48. The maximum atomic E-state index is 4.34. The highest BCUT2D eigenvalue weighted by atomic mass is 15.3. The van der Waals surface area contributed by atoms with Gasteiger partial charge in [-0.15, -0.1) is 10.2 Å². The van der Waals surface area contributed by atoms with E-state index in [0.717, 1.165) is 31.9 Å². The van der Waals surface area contributed by atoms with E-state index in [4.69, 9.17) is 0 Å². The molecule has 19 heavy (non-hydrogen) atoms. The Morgan fingerprint density at radius 3 is 2.95 bits per heavy atom. The largest absolute Gasteiger partial charge is 0.314 e. The van der Waals surface area contributed by atoms with Crippen molar-refractivity contribution in [1.29, 1.82) is 0 Å². The van der Waals surface area contributed by atoms with Crippen molar-refractivity contribution in [3.63, 3.8) is 0 Å². The normalized spacial score (nSPS) is 24.4. The summed E-state index contributed by atoms with van der Waals surface area (Å²) in [5, 5.41) is 12.2. The van der Waals surface area contributed by atoms with Crippen molar-refractivity contribution in [2.45, 2.75) is 57.7 Å². The van der Waals surface area contributed by atoms with Crippen LogP contribution in [0.2, 0.25) is 0 Å². The van der Waals surface area contributed by atoms with Crippen molar-refractivity contribution in [1.82, 2.24) is 25.0 Å². The zero-order valence-corrected chi connectivity index (χ0v) is 11.9. The van der Waals surface area contributed by atoms with E-state index in [1.54, 1.807) is 0 Å². The fourth-order valence-corrected chi connectivity index (χ4v) is 3.25. The van der Waals surface area contributed by atoms with Crippen LogP contribution in [0.25, 0.3) is 0 Å². The van der Waals surface area contributed by atoms with Crippen LogP contribution in [-0.2, 0) is 19.5 Å². The molecule has 3 heterocycles. The quantitative estimate of drug-likeness (QED) is 0.886. The Hall–Kier alpha value is -0.940. The van der Waals surface area contributed by atoms with E-state index in [-0.39, 0.29) is 0 Å². The summed E-state index contributed by atoms with van der Waals surface area (Å²) < 4.78 is 2.31. The van der Waals surface area contributed by atoms with Crippen molar-refractivity contribution in [3.05, 3.63) is 11.6 Å². The van der Waals surface area contributed by atoms with Gasteiger partial charge in [-0.3, -0.25) is 0 Å². The van der Waals surface area contributed by atoms with Gasteiger partial charge in [0, 0.05) is 25.6 Å². The minimum absolute atomic E-state index is 0.692. The second-order valence-corrected chi connectivity index (χ2v) is 5.90. The minimum atomic E-state index is 0.692. The third-order valence-electron chi connectivity index (χ3n) is 4.52. The molecule has 106 valence electrons. The molecule has 1 atom stereocenters. The number of fused-ring (bicyclic) bond motifs is 1. The Morgan fingerprint density at radius 2 is 2.05 bits per heavy atom. The van der Waals surface area contributed by atoms with Gasteiger partial charge in [-0.2, -0.15) is 0 Å². The molecule has 1 saturated heterocycles. The number of likely N-dealkylation sites (N-methyl/N-ethyl adjacent to an activating group) is 1. The molecule has 2 aliphatic rings. The molecule has 0 aromatic carbocycles. The zero-order valence-electron chi connectivity index (χ0n) is 11.9. The van der Waals surface area contributed by atoms with Crippen LogP contribution in [0.3, 0.4) is 0 Å². The molecule has 0 aliphatic carbocycles. The summed E-state index contributed by atoms with van der Waals surface area (Å²) in [5.41, 5.74) is 0. The van der Waals surface area contributed by atoms with Crippen LogP contribution in [0.5, 0.6) is 0 Å². The molecule has 1 unspecified atom stereocenters. The standard InChI is InChI=1S/C14H25N5/c1-18-8-4-2-6-12(18)10-15-11-14-17-16-13-7-3-5-9-19(13)14/h12,15H,2-11H2,1H3. The number of aryl methyl sites for hydroxylation is 1. The number of rotatable bonds is 4. The van der Waals surface area contributed by atoms with Crippen LogP contribution in [-0.4, -0.2) is 45.8 Å². The second-order valence-electron chi connectivity index (χ2n) is 5.90. The fourth-order valence-electron chi connectivity index (χ4n) is 3.25. The Morgan fingerprint density at radius 1 is 1.16 bits per heavy atom. The first-order chi connectivity index (χ1) is 9.34. The molecule has 1 aromatic heterocycles. The van der Waals surface area contributed by atoms with Gasteiger partial charge in [0.15, 0.2) is 0 Å². The first-order valence-corrected chi connectivity index (χ1v) is 7.66. The highest BCUT2D eigenvalue weighted by Gasteiger charge is 2.19. The lowest BCUT2D eigenvalue weighted by atomic mass is 10.0. The van der Waals surface area contributed by atoms with Gasteiger partial charge < -0.3 is 14.8 Å². The van der Waals surface area contributed by atoms with Gasteiger partial charge in [0.05, 0.1) is 6.54 Å². The van der Waals surface area contributed by atoms with Crippen molar-refractivity contribution in [2.75, 3.05) is 20.1 Å². The van der Waals surface area contributed by atoms with Crippen molar-refractivity contribution in [2.24, 2.45) is 0 Å². The molecule has 1 fully saturated rings. The lowest BCUT2D eigenvalue weighted by molar-refractivity contribution is 0.181. The third-order valence-corrected chi connectivity index (χ3v) is 4.52. The smallest absolute Gasteiger partial charge is 0.147 e. The monoisotopic (exact) mass is 263 g/mol. The van der Waals surface area contributed by atoms with Gasteiger partial charge in [-0.05, 0) is 39.3 Å². The average molecular weight is 263 g/mol.